The van der Waals surface area contributed by atoms with Gasteiger partial charge in [0.25, 0.3) is 5.69 Å². The van der Waals surface area contributed by atoms with Crippen LogP contribution in [-0.4, -0.2) is 36.0 Å². The highest BCUT2D eigenvalue weighted by Gasteiger charge is 2.17. The SMILES string of the molecule is CC(c1ccc([N+](=O)[O-])cc1)N1CCCNCC1. The highest BCUT2D eigenvalue weighted by Crippen LogP contribution is 2.23. The van der Waals surface area contributed by atoms with E-state index in [1.165, 1.54) is 0 Å². The summed E-state index contributed by atoms with van der Waals surface area (Å²) in [4.78, 5) is 12.7. The molecule has 0 aromatic heterocycles. The smallest absolute Gasteiger partial charge is 0.269 e. The summed E-state index contributed by atoms with van der Waals surface area (Å²) in [6.45, 7) is 6.34. The summed E-state index contributed by atoms with van der Waals surface area (Å²) in [6.07, 6.45) is 1.15. The number of nitro benzene ring substituents is 1. The average Bonchev–Trinajstić information content (AvgIpc) is 2.67. The number of hydrogen-bond acceptors (Lipinski definition) is 4. The zero-order valence-corrected chi connectivity index (χ0v) is 10.6. The van der Waals surface area contributed by atoms with Crippen molar-refractivity contribution in [2.24, 2.45) is 0 Å². The monoisotopic (exact) mass is 249 g/mol. The van der Waals surface area contributed by atoms with E-state index in [4.69, 9.17) is 0 Å². The topological polar surface area (TPSA) is 58.4 Å². The number of nitrogens with zero attached hydrogens (tertiary/aromatic N) is 2. The summed E-state index contributed by atoms with van der Waals surface area (Å²) in [5.74, 6) is 0. The normalized spacial score (nSPS) is 19.2. The minimum atomic E-state index is -0.357. The van der Waals surface area contributed by atoms with Gasteiger partial charge in [-0.25, -0.2) is 0 Å². The Labute approximate surface area is 107 Å². The molecule has 0 radical (unpaired) electrons. The number of nitrogens with one attached hydrogen (secondary N) is 1. The molecule has 1 aliphatic heterocycles. The second-order valence-corrected chi connectivity index (χ2v) is 4.66. The van der Waals surface area contributed by atoms with Crippen LogP contribution in [0.3, 0.4) is 0 Å². The molecule has 5 nitrogen and oxygen atoms in total. The van der Waals surface area contributed by atoms with Crippen LogP contribution in [0.1, 0.15) is 24.9 Å². The average molecular weight is 249 g/mol. The summed E-state index contributed by atoms with van der Waals surface area (Å²) in [5, 5.41) is 14.0. The van der Waals surface area contributed by atoms with Crippen LogP contribution in [0.4, 0.5) is 5.69 Å². The highest BCUT2D eigenvalue weighted by atomic mass is 16.6. The van der Waals surface area contributed by atoms with Gasteiger partial charge < -0.3 is 5.32 Å². The molecule has 1 aromatic carbocycles. The summed E-state index contributed by atoms with van der Waals surface area (Å²) in [6, 6.07) is 7.21. The van der Waals surface area contributed by atoms with Crippen LogP contribution in [0, 0.1) is 10.1 Å². The number of hydrogen-bond donors (Lipinski definition) is 1. The molecule has 1 unspecified atom stereocenters. The lowest BCUT2D eigenvalue weighted by Gasteiger charge is -2.27. The summed E-state index contributed by atoms with van der Waals surface area (Å²) in [7, 11) is 0. The van der Waals surface area contributed by atoms with E-state index >= 15 is 0 Å². The largest absolute Gasteiger partial charge is 0.315 e. The molecule has 1 aliphatic rings. The Kier molecular flexibility index (Phi) is 4.28. The van der Waals surface area contributed by atoms with Gasteiger partial charge in [0.05, 0.1) is 4.92 Å². The molecule has 1 N–H and O–H groups in total. The van der Waals surface area contributed by atoms with Gasteiger partial charge in [-0.05, 0) is 32.0 Å². The van der Waals surface area contributed by atoms with Crippen LogP contribution in [-0.2, 0) is 0 Å². The van der Waals surface area contributed by atoms with Gasteiger partial charge in [-0.3, -0.25) is 15.0 Å². The fourth-order valence-corrected chi connectivity index (χ4v) is 2.34. The number of rotatable bonds is 3. The first-order chi connectivity index (χ1) is 8.68. The van der Waals surface area contributed by atoms with Crippen LogP contribution in [0.2, 0.25) is 0 Å². The Morgan fingerprint density at radius 1 is 1.28 bits per heavy atom. The molecule has 0 bridgehead atoms. The lowest BCUT2D eigenvalue weighted by Crippen LogP contribution is -2.30. The Hall–Kier alpha value is -1.46. The third kappa shape index (κ3) is 3.05. The number of nitro groups is 1. The molecule has 98 valence electrons. The molecule has 1 heterocycles. The molecule has 1 aromatic rings. The van der Waals surface area contributed by atoms with E-state index in [0.29, 0.717) is 6.04 Å². The standard InChI is InChI=1S/C13H19N3O2/c1-11(15-9-2-7-14-8-10-15)12-3-5-13(6-4-12)16(17)18/h3-6,11,14H,2,7-10H2,1H3. The lowest BCUT2D eigenvalue weighted by atomic mass is 10.1. The van der Waals surface area contributed by atoms with Gasteiger partial charge >= 0.3 is 0 Å². The maximum Gasteiger partial charge on any atom is 0.269 e. The van der Waals surface area contributed by atoms with E-state index in [1.807, 2.05) is 12.1 Å². The maximum atomic E-state index is 10.6. The second-order valence-electron chi connectivity index (χ2n) is 4.66. The zero-order chi connectivity index (χ0) is 13.0. The van der Waals surface area contributed by atoms with Gasteiger partial charge in [-0.2, -0.15) is 0 Å². The van der Waals surface area contributed by atoms with Gasteiger partial charge in [-0.15, -0.1) is 0 Å². The summed E-state index contributed by atoms with van der Waals surface area (Å²) < 4.78 is 0. The summed E-state index contributed by atoms with van der Waals surface area (Å²) >= 11 is 0. The third-order valence-corrected chi connectivity index (χ3v) is 3.51. The molecular weight excluding hydrogens is 230 g/mol. The minimum absolute atomic E-state index is 0.156. The zero-order valence-electron chi connectivity index (χ0n) is 10.6. The third-order valence-electron chi connectivity index (χ3n) is 3.51. The summed E-state index contributed by atoms with van der Waals surface area (Å²) in [5.41, 5.74) is 1.30. The predicted molar refractivity (Wildman–Crippen MR) is 70.6 cm³/mol. The van der Waals surface area contributed by atoms with Crippen molar-refractivity contribution in [3.05, 3.63) is 39.9 Å². The molecule has 1 atom stereocenters. The van der Waals surface area contributed by atoms with Crippen molar-refractivity contribution in [1.29, 1.82) is 0 Å². The van der Waals surface area contributed by atoms with Gasteiger partial charge in [-0.1, -0.05) is 12.1 Å². The minimum Gasteiger partial charge on any atom is -0.315 e. The van der Waals surface area contributed by atoms with E-state index < -0.39 is 0 Å². The van der Waals surface area contributed by atoms with Gasteiger partial charge in [0.2, 0.25) is 0 Å². The van der Waals surface area contributed by atoms with Crippen molar-refractivity contribution in [3.8, 4) is 0 Å². The Balaban J connectivity index is 2.07. The first-order valence-corrected chi connectivity index (χ1v) is 6.37. The van der Waals surface area contributed by atoms with E-state index in [0.717, 1.165) is 38.2 Å². The van der Waals surface area contributed by atoms with Crippen LogP contribution < -0.4 is 5.32 Å². The molecule has 0 amide bonds. The van der Waals surface area contributed by atoms with Crippen molar-refractivity contribution >= 4 is 5.69 Å². The highest BCUT2D eigenvalue weighted by molar-refractivity contribution is 5.34. The first kappa shape index (κ1) is 13.0. The Bertz CT molecular complexity index is 397. The fraction of sp³-hybridized carbons (Fsp3) is 0.538. The molecule has 1 saturated heterocycles. The molecule has 5 heteroatoms. The predicted octanol–water partition coefficient (Wildman–Crippen LogP) is 1.95. The Morgan fingerprint density at radius 3 is 2.67 bits per heavy atom. The van der Waals surface area contributed by atoms with Crippen molar-refractivity contribution in [3.63, 3.8) is 0 Å². The molecule has 1 fully saturated rings. The van der Waals surface area contributed by atoms with Crippen molar-refractivity contribution in [1.82, 2.24) is 10.2 Å². The van der Waals surface area contributed by atoms with E-state index in [9.17, 15) is 10.1 Å². The first-order valence-electron chi connectivity index (χ1n) is 6.37. The molecule has 0 saturated carbocycles. The fourth-order valence-electron chi connectivity index (χ4n) is 2.34. The molecule has 18 heavy (non-hydrogen) atoms. The van der Waals surface area contributed by atoms with Crippen LogP contribution in [0.15, 0.2) is 24.3 Å². The van der Waals surface area contributed by atoms with Crippen molar-refractivity contribution in [2.75, 3.05) is 26.2 Å². The number of non-ortho nitro benzene ring substituents is 1. The molecule has 0 spiro atoms. The van der Waals surface area contributed by atoms with Crippen molar-refractivity contribution in [2.45, 2.75) is 19.4 Å². The molecule has 0 aliphatic carbocycles. The second kappa shape index (κ2) is 5.93. The van der Waals surface area contributed by atoms with Gasteiger partial charge in [0.1, 0.15) is 0 Å². The van der Waals surface area contributed by atoms with Gasteiger partial charge in [0, 0.05) is 31.3 Å². The number of benzene rings is 1. The molecular formula is C13H19N3O2. The van der Waals surface area contributed by atoms with E-state index in [-0.39, 0.29) is 10.6 Å². The lowest BCUT2D eigenvalue weighted by molar-refractivity contribution is -0.384. The van der Waals surface area contributed by atoms with Gasteiger partial charge in [0.15, 0.2) is 0 Å². The van der Waals surface area contributed by atoms with Crippen LogP contribution >= 0.6 is 0 Å². The maximum absolute atomic E-state index is 10.6. The quantitative estimate of drug-likeness (QED) is 0.657. The van der Waals surface area contributed by atoms with Crippen molar-refractivity contribution < 1.29 is 4.92 Å². The molecule has 2 rings (SSSR count). The van der Waals surface area contributed by atoms with E-state index in [1.54, 1.807) is 12.1 Å². The van der Waals surface area contributed by atoms with Crippen LogP contribution in [0.25, 0.3) is 0 Å². The Morgan fingerprint density at radius 2 is 2.00 bits per heavy atom. The van der Waals surface area contributed by atoms with E-state index in [2.05, 4.69) is 17.1 Å². The van der Waals surface area contributed by atoms with Crippen LogP contribution in [0.5, 0.6) is 0 Å².